The number of hydrogen-bond donors (Lipinski definition) is 0. The van der Waals surface area contributed by atoms with Gasteiger partial charge in [0.05, 0.1) is 12.8 Å². The first-order valence-corrected chi connectivity index (χ1v) is 5.24. The molecule has 0 fully saturated rings. The zero-order valence-electron chi connectivity index (χ0n) is 9.71. The van der Waals surface area contributed by atoms with Crippen LogP contribution in [0.5, 0.6) is 5.75 Å². The van der Waals surface area contributed by atoms with Crippen LogP contribution in [0.4, 0.5) is 0 Å². The lowest BCUT2D eigenvalue weighted by Crippen LogP contribution is -1.96. The van der Waals surface area contributed by atoms with Crippen molar-refractivity contribution in [2.45, 2.75) is 19.8 Å². The molecule has 4 heteroatoms. The Kier molecular flexibility index (Phi) is 2.90. The molecule has 0 atom stereocenters. The van der Waals surface area contributed by atoms with Crippen molar-refractivity contribution < 1.29 is 4.74 Å². The maximum absolute atomic E-state index is 5.29. The van der Waals surface area contributed by atoms with E-state index in [0.29, 0.717) is 5.92 Å². The first-order chi connectivity index (χ1) is 7.70. The molecule has 0 spiro atoms. The highest BCUT2D eigenvalue weighted by molar-refractivity contribution is 5.44. The third-order valence-electron chi connectivity index (χ3n) is 2.53. The zero-order valence-corrected chi connectivity index (χ0v) is 9.71. The van der Waals surface area contributed by atoms with Crippen LogP contribution in [-0.2, 0) is 0 Å². The number of benzene rings is 1. The summed E-state index contributed by atoms with van der Waals surface area (Å²) in [6.45, 7) is 4.31. The smallest absolute Gasteiger partial charge is 0.123 e. The van der Waals surface area contributed by atoms with Crippen LogP contribution in [0.2, 0.25) is 0 Å². The van der Waals surface area contributed by atoms with E-state index in [4.69, 9.17) is 4.74 Å². The zero-order chi connectivity index (χ0) is 11.5. The Morgan fingerprint density at radius 2 is 1.81 bits per heavy atom. The summed E-state index contributed by atoms with van der Waals surface area (Å²) in [5.74, 6) is 1.32. The highest BCUT2D eigenvalue weighted by Gasteiger charge is 2.06. The summed E-state index contributed by atoms with van der Waals surface area (Å²) in [6.07, 6.45) is 3.36. The number of hydrogen-bond acceptors (Lipinski definition) is 3. The topological polar surface area (TPSA) is 39.9 Å². The van der Waals surface area contributed by atoms with Crippen molar-refractivity contribution >= 4 is 0 Å². The minimum atomic E-state index is 0.463. The van der Waals surface area contributed by atoms with Gasteiger partial charge in [0.15, 0.2) is 0 Å². The maximum atomic E-state index is 5.29. The summed E-state index contributed by atoms with van der Waals surface area (Å²) in [5, 5.41) is 7.60. The number of ether oxygens (including phenoxy) is 1. The third-order valence-corrected chi connectivity index (χ3v) is 2.53. The fourth-order valence-electron chi connectivity index (χ4n) is 1.54. The van der Waals surface area contributed by atoms with Crippen LogP contribution in [0.3, 0.4) is 0 Å². The van der Waals surface area contributed by atoms with Gasteiger partial charge in [0.2, 0.25) is 0 Å². The second-order valence-electron chi connectivity index (χ2n) is 3.99. The predicted octanol–water partition coefficient (Wildman–Crippen LogP) is 2.40. The molecule has 0 aliphatic carbocycles. The molecule has 0 aliphatic rings. The minimum Gasteiger partial charge on any atom is -0.497 e. The quantitative estimate of drug-likeness (QED) is 0.792. The second kappa shape index (κ2) is 4.35. The minimum absolute atomic E-state index is 0.463. The van der Waals surface area contributed by atoms with Gasteiger partial charge in [-0.15, -0.1) is 10.2 Å². The van der Waals surface area contributed by atoms with Gasteiger partial charge in [-0.3, -0.25) is 4.57 Å². The van der Waals surface area contributed by atoms with Crippen molar-refractivity contribution in [2.75, 3.05) is 7.11 Å². The average Bonchev–Trinajstić information content (AvgIpc) is 2.81. The Bertz CT molecular complexity index is 463. The molecule has 0 aliphatic heterocycles. The summed E-state index contributed by atoms with van der Waals surface area (Å²) in [7, 11) is 1.68. The number of aromatic nitrogens is 3. The van der Waals surface area contributed by atoms with E-state index >= 15 is 0 Å². The molecule has 84 valence electrons. The molecular formula is C12H15N3O. The van der Waals surface area contributed by atoms with Crippen molar-refractivity contribution in [3.8, 4) is 11.4 Å². The van der Waals surface area contributed by atoms with Gasteiger partial charge < -0.3 is 4.74 Å². The first-order valence-electron chi connectivity index (χ1n) is 5.24. The van der Waals surface area contributed by atoms with Crippen molar-refractivity contribution in [1.82, 2.24) is 14.8 Å². The Morgan fingerprint density at radius 3 is 2.38 bits per heavy atom. The summed E-state index contributed by atoms with van der Waals surface area (Å²) in [4.78, 5) is 0. The van der Waals surface area contributed by atoms with E-state index < -0.39 is 0 Å². The maximum Gasteiger partial charge on any atom is 0.123 e. The van der Waals surface area contributed by atoms with E-state index in [1.54, 1.807) is 19.8 Å². The van der Waals surface area contributed by atoms with E-state index in [0.717, 1.165) is 11.4 Å². The molecule has 16 heavy (non-hydrogen) atoms. The molecule has 1 heterocycles. The largest absolute Gasteiger partial charge is 0.497 e. The van der Waals surface area contributed by atoms with Gasteiger partial charge in [-0.2, -0.15) is 0 Å². The van der Waals surface area contributed by atoms with Crippen molar-refractivity contribution in [3.63, 3.8) is 0 Å². The standard InChI is InChI=1S/C12H15N3O/c1-9(2)10-4-11(6-12(5-10)16-3)15-7-13-14-8-15/h4-9H,1-3H3. The van der Waals surface area contributed by atoms with Gasteiger partial charge in [-0.25, -0.2) is 0 Å². The summed E-state index contributed by atoms with van der Waals surface area (Å²) in [6, 6.07) is 6.14. The van der Waals surface area contributed by atoms with Gasteiger partial charge >= 0.3 is 0 Å². The lowest BCUT2D eigenvalue weighted by molar-refractivity contribution is 0.414. The van der Waals surface area contributed by atoms with E-state index in [1.807, 2.05) is 10.6 Å². The van der Waals surface area contributed by atoms with Crippen LogP contribution >= 0.6 is 0 Å². The molecule has 0 N–H and O–H groups in total. The third kappa shape index (κ3) is 2.05. The Hall–Kier alpha value is -1.84. The molecule has 0 radical (unpaired) electrons. The van der Waals surface area contributed by atoms with E-state index in [1.165, 1.54) is 5.56 Å². The molecule has 0 saturated carbocycles. The van der Waals surface area contributed by atoms with Crippen molar-refractivity contribution in [2.24, 2.45) is 0 Å². The van der Waals surface area contributed by atoms with Crippen molar-refractivity contribution in [1.29, 1.82) is 0 Å². The average molecular weight is 217 g/mol. The molecule has 2 aromatic rings. The second-order valence-corrected chi connectivity index (χ2v) is 3.99. The number of rotatable bonds is 3. The molecular weight excluding hydrogens is 202 g/mol. The van der Waals surface area contributed by atoms with Crippen LogP contribution < -0.4 is 4.74 Å². The van der Waals surface area contributed by atoms with Crippen LogP contribution in [0, 0.1) is 0 Å². The Labute approximate surface area is 94.9 Å². The van der Waals surface area contributed by atoms with Crippen LogP contribution in [-0.4, -0.2) is 21.9 Å². The van der Waals surface area contributed by atoms with Gasteiger partial charge in [0.25, 0.3) is 0 Å². The number of nitrogens with zero attached hydrogens (tertiary/aromatic N) is 3. The lowest BCUT2D eigenvalue weighted by atomic mass is 10.0. The molecule has 2 rings (SSSR count). The predicted molar refractivity (Wildman–Crippen MR) is 62.0 cm³/mol. The summed E-state index contributed by atoms with van der Waals surface area (Å²) >= 11 is 0. The summed E-state index contributed by atoms with van der Waals surface area (Å²) in [5.41, 5.74) is 2.26. The van der Waals surface area contributed by atoms with Crippen LogP contribution in [0.25, 0.3) is 5.69 Å². The Balaban J connectivity index is 2.49. The molecule has 0 saturated heterocycles. The van der Waals surface area contributed by atoms with Crippen LogP contribution in [0.15, 0.2) is 30.9 Å². The van der Waals surface area contributed by atoms with Gasteiger partial charge in [-0.05, 0) is 23.6 Å². The summed E-state index contributed by atoms with van der Waals surface area (Å²) < 4.78 is 7.16. The monoisotopic (exact) mass is 217 g/mol. The molecule has 4 nitrogen and oxygen atoms in total. The highest BCUT2D eigenvalue weighted by atomic mass is 16.5. The molecule has 0 bridgehead atoms. The fraction of sp³-hybridized carbons (Fsp3) is 0.333. The number of methoxy groups -OCH3 is 1. The highest BCUT2D eigenvalue weighted by Crippen LogP contribution is 2.24. The lowest BCUT2D eigenvalue weighted by Gasteiger charge is -2.11. The fourth-order valence-corrected chi connectivity index (χ4v) is 1.54. The van der Waals surface area contributed by atoms with E-state index in [9.17, 15) is 0 Å². The Morgan fingerprint density at radius 1 is 1.12 bits per heavy atom. The molecule has 0 unspecified atom stereocenters. The molecule has 1 aromatic heterocycles. The van der Waals surface area contributed by atoms with Crippen LogP contribution in [0.1, 0.15) is 25.3 Å². The van der Waals surface area contributed by atoms with E-state index in [2.05, 4.69) is 36.2 Å². The normalized spacial score (nSPS) is 10.8. The SMILES string of the molecule is COc1cc(C(C)C)cc(-n2cnnc2)c1. The van der Waals surface area contributed by atoms with Gasteiger partial charge in [0.1, 0.15) is 18.4 Å². The first kappa shape index (κ1) is 10.7. The van der Waals surface area contributed by atoms with Gasteiger partial charge in [-0.1, -0.05) is 13.8 Å². The van der Waals surface area contributed by atoms with Crippen molar-refractivity contribution in [3.05, 3.63) is 36.4 Å². The van der Waals surface area contributed by atoms with E-state index in [-0.39, 0.29) is 0 Å². The molecule has 1 aromatic carbocycles. The van der Waals surface area contributed by atoms with Gasteiger partial charge in [0, 0.05) is 6.07 Å². The molecule has 0 amide bonds.